The van der Waals surface area contributed by atoms with Crippen LogP contribution in [0.3, 0.4) is 0 Å². The van der Waals surface area contributed by atoms with Crippen LogP contribution < -0.4 is 15.0 Å². The summed E-state index contributed by atoms with van der Waals surface area (Å²) in [6, 6.07) is 13.0. The van der Waals surface area contributed by atoms with Crippen LogP contribution in [0.4, 0.5) is 14.9 Å². The number of anilines is 1. The first-order valence-electron chi connectivity index (χ1n) is 10.5. The zero-order valence-electron chi connectivity index (χ0n) is 18.7. The summed E-state index contributed by atoms with van der Waals surface area (Å²) in [6.07, 6.45) is 1.31. The zero-order valence-corrected chi connectivity index (χ0v) is 20.2. The highest BCUT2D eigenvalue weighted by molar-refractivity contribution is 6.40. The van der Waals surface area contributed by atoms with Crippen molar-refractivity contribution in [3.05, 3.63) is 98.3 Å². The molecule has 0 aliphatic carbocycles. The fourth-order valence-electron chi connectivity index (χ4n) is 3.46. The number of carbonyl (C=O) groups excluding carboxylic acids is 3. The van der Waals surface area contributed by atoms with E-state index in [1.807, 2.05) is 13.8 Å². The molecule has 9 heteroatoms. The molecular weight excluding hydrogens is 494 g/mol. The van der Waals surface area contributed by atoms with Crippen molar-refractivity contribution in [1.29, 1.82) is 0 Å². The molecule has 1 aliphatic rings. The largest absolute Gasteiger partial charge is 0.486 e. The Labute approximate surface area is 210 Å². The van der Waals surface area contributed by atoms with Crippen molar-refractivity contribution >= 4 is 52.8 Å². The van der Waals surface area contributed by atoms with Gasteiger partial charge in [-0.3, -0.25) is 14.9 Å². The molecule has 0 saturated carbocycles. The van der Waals surface area contributed by atoms with Gasteiger partial charge in [0.25, 0.3) is 11.8 Å². The summed E-state index contributed by atoms with van der Waals surface area (Å²) in [5.74, 6) is -1.76. The number of nitrogens with one attached hydrogen (secondary N) is 1. The molecule has 1 saturated heterocycles. The van der Waals surface area contributed by atoms with Crippen LogP contribution >= 0.6 is 23.2 Å². The Morgan fingerprint density at radius 1 is 0.943 bits per heavy atom. The molecule has 1 fully saturated rings. The molecular formula is C26H19Cl2FN2O4. The topological polar surface area (TPSA) is 75.7 Å². The summed E-state index contributed by atoms with van der Waals surface area (Å²) in [7, 11) is 0. The van der Waals surface area contributed by atoms with Crippen molar-refractivity contribution in [2.75, 3.05) is 4.90 Å². The molecule has 0 spiro atoms. The van der Waals surface area contributed by atoms with Crippen molar-refractivity contribution in [3.63, 3.8) is 0 Å². The normalized spacial score (nSPS) is 14.9. The van der Waals surface area contributed by atoms with Gasteiger partial charge in [0.05, 0.1) is 15.7 Å². The number of hydrogen-bond donors (Lipinski definition) is 1. The van der Waals surface area contributed by atoms with Crippen LogP contribution in [-0.4, -0.2) is 17.8 Å². The maximum absolute atomic E-state index is 13.1. The third-order valence-corrected chi connectivity index (χ3v) is 6.04. The lowest BCUT2D eigenvalue weighted by Gasteiger charge is -2.27. The Bertz CT molecular complexity index is 1360. The second-order valence-electron chi connectivity index (χ2n) is 7.96. The number of amides is 4. The highest BCUT2D eigenvalue weighted by atomic mass is 35.5. The number of imide groups is 2. The number of halogens is 3. The molecule has 178 valence electrons. The average Bonchev–Trinajstić information content (AvgIpc) is 2.79. The van der Waals surface area contributed by atoms with Crippen LogP contribution in [0, 0.1) is 19.7 Å². The molecule has 1 aliphatic heterocycles. The highest BCUT2D eigenvalue weighted by Gasteiger charge is 2.37. The van der Waals surface area contributed by atoms with Gasteiger partial charge in [-0.2, -0.15) is 0 Å². The Balaban J connectivity index is 1.61. The lowest BCUT2D eigenvalue weighted by molar-refractivity contribution is -0.122. The van der Waals surface area contributed by atoms with Crippen LogP contribution in [0.5, 0.6) is 5.75 Å². The summed E-state index contributed by atoms with van der Waals surface area (Å²) in [6.45, 7) is 3.87. The number of benzene rings is 3. The fourth-order valence-corrected chi connectivity index (χ4v) is 4.07. The molecule has 0 unspecified atom stereocenters. The second-order valence-corrected chi connectivity index (χ2v) is 8.77. The Kier molecular flexibility index (Phi) is 6.91. The maximum atomic E-state index is 13.1. The molecule has 4 amide bonds. The monoisotopic (exact) mass is 512 g/mol. The molecule has 6 nitrogen and oxygen atoms in total. The lowest BCUT2D eigenvalue weighted by atomic mass is 10.0. The van der Waals surface area contributed by atoms with Crippen LogP contribution in [0.1, 0.15) is 22.3 Å². The van der Waals surface area contributed by atoms with Gasteiger partial charge in [0.15, 0.2) is 5.75 Å². The Hall–Kier alpha value is -3.68. The van der Waals surface area contributed by atoms with E-state index in [2.05, 4.69) is 5.32 Å². The van der Waals surface area contributed by atoms with E-state index in [4.69, 9.17) is 27.9 Å². The van der Waals surface area contributed by atoms with E-state index in [0.29, 0.717) is 16.8 Å². The molecule has 0 radical (unpaired) electrons. The molecule has 1 heterocycles. The predicted octanol–water partition coefficient (Wildman–Crippen LogP) is 5.99. The number of ether oxygens (including phenoxy) is 1. The third-order valence-electron chi connectivity index (χ3n) is 5.48. The van der Waals surface area contributed by atoms with Gasteiger partial charge in [-0.05, 0) is 78.6 Å². The van der Waals surface area contributed by atoms with Crippen LogP contribution in [0.15, 0.2) is 60.2 Å². The molecule has 3 aromatic carbocycles. The van der Waals surface area contributed by atoms with E-state index in [1.165, 1.54) is 30.3 Å². The van der Waals surface area contributed by atoms with Gasteiger partial charge in [-0.1, -0.05) is 41.4 Å². The first-order valence-corrected chi connectivity index (χ1v) is 11.2. The van der Waals surface area contributed by atoms with E-state index in [1.54, 1.807) is 30.3 Å². The third kappa shape index (κ3) is 5.21. The Morgan fingerprint density at radius 3 is 2.23 bits per heavy atom. The van der Waals surface area contributed by atoms with E-state index in [9.17, 15) is 18.8 Å². The smallest absolute Gasteiger partial charge is 0.335 e. The number of aryl methyl sites for hydroxylation is 2. The fraction of sp³-hybridized carbons (Fsp3) is 0.115. The van der Waals surface area contributed by atoms with Gasteiger partial charge in [-0.15, -0.1) is 0 Å². The second kappa shape index (κ2) is 9.90. The van der Waals surface area contributed by atoms with Gasteiger partial charge in [0.1, 0.15) is 18.0 Å². The summed E-state index contributed by atoms with van der Waals surface area (Å²) in [4.78, 5) is 38.9. The van der Waals surface area contributed by atoms with Crippen molar-refractivity contribution in [3.8, 4) is 5.75 Å². The van der Waals surface area contributed by atoms with Gasteiger partial charge < -0.3 is 4.74 Å². The summed E-state index contributed by atoms with van der Waals surface area (Å²) in [5, 5.41) is 2.49. The minimum absolute atomic E-state index is 0.105. The number of urea groups is 1. The molecule has 0 aromatic heterocycles. The minimum Gasteiger partial charge on any atom is -0.486 e. The molecule has 35 heavy (non-hydrogen) atoms. The molecule has 3 aromatic rings. The lowest BCUT2D eigenvalue weighted by Crippen LogP contribution is -2.54. The number of nitrogens with zero attached hydrogens (tertiary/aromatic N) is 1. The van der Waals surface area contributed by atoms with Crippen molar-refractivity contribution in [1.82, 2.24) is 5.32 Å². The molecule has 0 bridgehead atoms. The van der Waals surface area contributed by atoms with Crippen LogP contribution in [0.25, 0.3) is 6.08 Å². The number of barbiturate groups is 1. The number of hydrogen-bond acceptors (Lipinski definition) is 4. The van der Waals surface area contributed by atoms with E-state index in [-0.39, 0.29) is 33.8 Å². The SMILES string of the molecule is Cc1ccc(N2C(=O)NC(=O)/C(=C\c3cc(Cl)c(OCc4ccc(F)cc4)c(Cl)c3)C2=O)cc1C. The molecule has 1 N–H and O–H groups in total. The number of carbonyl (C=O) groups is 3. The standard InChI is InChI=1S/C26H19Cl2FN2O4/c1-14-3-8-19(9-15(14)2)31-25(33)20(24(32)30-26(31)34)10-17-11-21(27)23(22(28)12-17)35-13-16-4-6-18(29)7-5-16/h3-12H,13H2,1-2H3,(H,30,32,34)/b20-10+. The zero-order chi connectivity index (χ0) is 25.3. The average molecular weight is 513 g/mol. The maximum Gasteiger partial charge on any atom is 0.335 e. The number of rotatable bonds is 5. The van der Waals surface area contributed by atoms with Crippen molar-refractivity contribution < 1.29 is 23.5 Å². The van der Waals surface area contributed by atoms with E-state index in [0.717, 1.165) is 16.0 Å². The van der Waals surface area contributed by atoms with Gasteiger partial charge in [-0.25, -0.2) is 14.1 Å². The summed E-state index contributed by atoms with van der Waals surface area (Å²) >= 11 is 12.7. The van der Waals surface area contributed by atoms with Gasteiger partial charge in [0, 0.05) is 0 Å². The van der Waals surface area contributed by atoms with Gasteiger partial charge >= 0.3 is 6.03 Å². The van der Waals surface area contributed by atoms with Gasteiger partial charge in [0.2, 0.25) is 0 Å². The predicted molar refractivity (Wildman–Crippen MR) is 132 cm³/mol. The van der Waals surface area contributed by atoms with Crippen LogP contribution in [0.2, 0.25) is 10.0 Å². The summed E-state index contributed by atoms with van der Waals surface area (Å²) in [5.41, 5.74) is 3.05. The molecule has 4 rings (SSSR count). The van der Waals surface area contributed by atoms with Crippen LogP contribution in [-0.2, 0) is 16.2 Å². The quantitative estimate of drug-likeness (QED) is 0.336. The minimum atomic E-state index is -0.832. The first kappa shape index (κ1) is 24.4. The van der Waals surface area contributed by atoms with Crippen molar-refractivity contribution in [2.45, 2.75) is 20.5 Å². The molecule has 0 atom stereocenters. The Morgan fingerprint density at radius 2 is 1.60 bits per heavy atom. The van der Waals surface area contributed by atoms with E-state index < -0.39 is 17.8 Å². The highest BCUT2D eigenvalue weighted by Crippen LogP contribution is 2.36. The summed E-state index contributed by atoms with van der Waals surface area (Å²) < 4.78 is 18.8. The first-order chi connectivity index (χ1) is 16.6. The van der Waals surface area contributed by atoms with E-state index >= 15 is 0 Å². The van der Waals surface area contributed by atoms with Crippen molar-refractivity contribution in [2.24, 2.45) is 0 Å².